The molecular formula is C38H56FN9O12. The third kappa shape index (κ3) is 16.5. The van der Waals surface area contributed by atoms with Gasteiger partial charge in [0.2, 0.25) is 23.6 Å². The maximum atomic E-state index is 14.0. The van der Waals surface area contributed by atoms with Crippen LogP contribution in [0.1, 0.15) is 63.9 Å². The van der Waals surface area contributed by atoms with E-state index in [9.17, 15) is 58.1 Å². The second kappa shape index (κ2) is 24.4. The number of nitrogens with one attached hydrogen (secondary N) is 6. The van der Waals surface area contributed by atoms with E-state index in [4.69, 9.17) is 16.2 Å². The molecule has 3 rings (SSSR count). The number of hydrogen-bond donors (Lipinski definition) is 11. The molecule has 2 saturated heterocycles. The van der Waals surface area contributed by atoms with Crippen LogP contribution in [0.25, 0.3) is 0 Å². The number of carbonyl (C=O) groups excluding carboxylic acids is 7. The van der Waals surface area contributed by atoms with Gasteiger partial charge in [-0.25, -0.2) is 4.39 Å². The van der Waals surface area contributed by atoms with Crippen molar-refractivity contribution in [2.45, 2.75) is 113 Å². The van der Waals surface area contributed by atoms with Crippen LogP contribution in [0.15, 0.2) is 35.3 Å². The Morgan fingerprint density at radius 1 is 0.917 bits per heavy atom. The largest absolute Gasteiger partial charge is 0.481 e. The molecule has 1 aromatic carbocycles. The van der Waals surface area contributed by atoms with Gasteiger partial charge in [-0.15, -0.1) is 0 Å². The highest BCUT2D eigenvalue weighted by molar-refractivity contribution is 5.98. The molecular weight excluding hydrogens is 793 g/mol. The van der Waals surface area contributed by atoms with E-state index in [1.807, 2.05) is 0 Å². The van der Waals surface area contributed by atoms with Crippen molar-refractivity contribution in [2.24, 2.45) is 22.4 Å². The van der Waals surface area contributed by atoms with Crippen LogP contribution in [-0.4, -0.2) is 143 Å². The number of rotatable bonds is 17. The summed E-state index contributed by atoms with van der Waals surface area (Å²) < 4.78 is 18.9. The van der Waals surface area contributed by atoms with Crippen LogP contribution < -0.4 is 43.4 Å². The number of carboxylic acid groups (broad SMARTS) is 1. The minimum atomic E-state index is -1.79. The number of amides is 6. The molecule has 2 fully saturated rings. The van der Waals surface area contributed by atoms with Gasteiger partial charge in [0.15, 0.2) is 24.0 Å². The van der Waals surface area contributed by atoms with Crippen molar-refractivity contribution < 1.29 is 62.8 Å². The molecule has 0 bridgehead atoms. The summed E-state index contributed by atoms with van der Waals surface area (Å²) in [5.41, 5.74) is 11.4. The molecule has 2 heterocycles. The first kappa shape index (κ1) is 48.6. The number of aliphatic hydroxyl groups excluding tert-OH is 2. The van der Waals surface area contributed by atoms with E-state index in [2.05, 4.69) is 36.9 Å². The summed E-state index contributed by atoms with van der Waals surface area (Å²) >= 11 is 0. The summed E-state index contributed by atoms with van der Waals surface area (Å²) in [5, 5.41) is 45.1. The molecule has 332 valence electrons. The first-order chi connectivity index (χ1) is 28.4. The summed E-state index contributed by atoms with van der Waals surface area (Å²) in [5.74, 6) is -8.28. The predicted molar refractivity (Wildman–Crippen MR) is 210 cm³/mol. The average molecular weight is 850 g/mol. The molecule has 13 N–H and O–H groups in total. The van der Waals surface area contributed by atoms with Crippen molar-refractivity contribution >= 4 is 53.2 Å². The Labute approximate surface area is 345 Å². The van der Waals surface area contributed by atoms with Crippen molar-refractivity contribution in [3.63, 3.8) is 0 Å². The minimum Gasteiger partial charge on any atom is -0.481 e. The Morgan fingerprint density at radius 2 is 1.60 bits per heavy atom. The molecule has 0 saturated carbocycles. The highest BCUT2D eigenvalue weighted by atomic mass is 19.1. The van der Waals surface area contributed by atoms with Crippen LogP contribution in [0.4, 0.5) is 4.39 Å². The zero-order valence-corrected chi connectivity index (χ0v) is 33.3. The smallest absolute Gasteiger partial charge is 0.305 e. The number of carboxylic acids is 1. The number of benzene rings is 1. The van der Waals surface area contributed by atoms with Crippen molar-refractivity contribution in [1.29, 1.82) is 0 Å². The van der Waals surface area contributed by atoms with Crippen molar-refractivity contribution in [3.8, 4) is 0 Å². The fourth-order valence-corrected chi connectivity index (χ4v) is 6.56. The number of carbonyl (C=O) groups is 8. The van der Waals surface area contributed by atoms with Gasteiger partial charge in [-0.2, -0.15) is 0 Å². The van der Waals surface area contributed by atoms with Crippen LogP contribution in [0.2, 0.25) is 0 Å². The van der Waals surface area contributed by atoms with Gasteiger partial charge in [-0.1, -0.05) is 30.3 Å². The Kier molecular flexibility index (Phi) is 19.7. The molecule has 9 atom stereocenters. The van der Waals surface area contributed by atoms with E-state index in [0.29, 0.717) is 5.56 Å². The molecule has 22 heteroatoms. The number of guanidine groups is 1. The fourth-order valence-electron chi connectivity index (χ4n) is 6.56. The van der Waals surface area contributed by atoms with Crippen LogP contribution in [0.5, 0.6) is 0 Å². The topological polar surface area (TPSA) is 343 Å². The van der Waals surface area contributed by atoms with E-state index >= 15 is 0 Å². The molecule has 6 amide bonds. The zero-order valence-electron chi connectivity index (χ0n) is 33.3. The van der Waals surface area contributed by atoms with Gasteiger partial charge in [-0.3, -0.25) is 43.3 Å². The van der Waals surface area contributed by atoms with Gasteiger partial charge in [0.1, 0.15) is 18.2 Å². The number of aliphatic imine (C=N–C) groups is 1. The molecule has 5 unspecified atom stereocenters. The molecule has 60 heavy (non-hydrogen) atoms. The second-order valence-corrected chi connectivity index (χ2v) is 14.7. The number of aliphatic carboxylic acids is 1. The van der Waals surface area contributed by atoms with Crippen LogP contribution in [0, 0.1) is 5.92 Å². The van der Waals surface area contributed by atoms with Gasteiger partial charge in [0.05, 0.1) is 31.2 Å². The van der Waals surface area contributed by atoms with Crippen molar-refractivity contribution in [1.82, 2.24) is 31.9 Å². The Morgan fingerprint density at radius 3 is 2.27 bits per heavy atom. The summed E-state index contributed by atoms with van der Waals surface area (Å²) in [6.45, 7) is 0.286. The van der Waals surface area contributed by atoms with E-state index in [0.717, 1.165) is 6.92 Å². The van der Waals surface area contributed by atoms with E-state index < -0.39 is 115 Å². The number of alkyl halides is 1. The lowest BCUT2D eigenvalue weighted by molar-refractivity contribution is -0.180. The number of ketones is 1. The number of aliphatic hydroxyl groups is 2. The van der Waals surface area contributed by atoms with Gasteiger partial charge in [-0.05, 0) is 44.6 Å². The Bertz CT molecular complexity index is 1700. The molecule has 0 aliphatic carbocycles. The van der Waals surface area contributed by atoms with Gasteiger partial charge in [0.25, 0.3) is 11.8 Å². The molecule has 21 nitrogen and oxygen atoms in total. The third-order valence-corrected chi connectivity index (χ3v) is 9.79. The van der Waals surface area contributed by atoms with Crippen molar-refractivity contribution in [3.05, 3.63) is 35.9 Å². The number of ether oxygens (including phenoxy) is 1. The summed E-state index contributed by atoms with van der Waals surface area (Å²) in [4.78, 5) is 108. The quantitative estimate of drug-likeness (QED) is 0.0413. The first-order valence-electron chi connectivity index (χ1n) is 19.7. The van der Waals surface area contributed by atoms with Gasteiger partial charge in [0, 0.05) is 44.8 Å². The lowest BCUT2D eigenvalue weighted by atomic mass is 9.91. The number of hydrogen-bond acceptors (Lipinski definition) is 12. The third-order valence-electron chi connectivity index (χ3n) is 9.79. The highest BCUT2D eigenvalue weighted by Gasteiger charge is 2.41. The average Bonchev–Trinajstić information content (AvgIpc) is 3.19. The maximum absolute atomic E-state index is 14.0. The fraction of sp³-hybridized carbons (Fsp3) is 0.605. The zero-order chi connectivity index (χ0) is 44.4. The monoisotopic (exact) mass is 849 g/mol. The van der Waals surface area contributed by atoms with Gasteiger partial charge < -0.3 is 63.4 Å². The van der Waals surface area contributed by atoms with Crippen LogP contribution >= 0.6 is 0 Å². The lowest BCUT2D eigenvalue weighted by Gasteiger charge is -2.36. The molecule has 0 spiro atoms. The van der Waals surface area contributed by atoms with E-state index in [-0.39, 0.29) is 77.0 Å². The molecule has 2 aliphatic rings. The summed E-state index contributed by atoms with van der Waals surface area (Å²) in [7, 11) is 0. The Hall–Kier alpha value is -5.74. The SMILES string of the molecule is CC(F)C(=O)NCC1CC(O)C(O)C(C(=O)NCCCC[C@@H]2NC(=O)[C@@H](Cc3ccccc3)NC(=O)[C@H](CC(=O)O)NC(=O)CNC(=O)[C@H](CCCN=C(N)N)CC2=O)O1. The van der Waals surface area contributed by atoms with Crippen LogP contribution in [-0.2, 0) is 49.5 Å². The lowest BCUT2D eigenvalue weighted by Crippen LogP contribution is -2.57. The molecule has 1 aromatic rings. The maximum Gasteiger partial charge on any atom is 0.305 e. The number of unbranched alkanes of at least 4 members (excludes halogenated alkanes) is 1. The normalized spacial score (nSPS) is 26.1. The number of nitrogens with two attached hydrogens (primary N) is 2. The number of nitrogens with zero attached hydrogens (tertiary/aromatic N) is 1. The minimum absolute atomic E-state index is 0.00744. The standard InChI is InChI=1S/C38H56FN9O12/c1-20(39)33(55)44-18-23-16-28(50)31(54)32(60-23)37(59)42-12-6-5-11-24-27(49)15-22(10-7-13-43-38(40)41)34(56)45-19-29(51)46-26(17-30(52)53)36(58)48-25(35(57)47-24)14-21-8-3-2-4-9-21/h2-4,8-9,20,22-26,28,31-32,50,54H,5-7,10-19H2,1H3,(H,42,59)(H,44,55)(H,45,56)(H,46,51)(H,47,57)(H,48,58)(H,52,53)(H4,40,41,43)/t20?,22-,23?,24+,25-,26+,28?,31?,32?/m1/s1. The van der Waals surface area contributed by atoms with Gasteiger partial charge >= 0.3 is 5.97 Å². The van der Waals surface area contributed by atoms with E-state index in [1.165, 1.54) is 0 Å². The first-order valence-corrected chi connectivity index (χ1v) is 19.7. The molecule has 0 aromatic heterocycles. The van der Waals surface area contributed by atoms with Crippen LogP contribution in [0.3, 0.4) is 0 Å². The predicted octanol–water partition coefficient (Wildman–Crippen LogP) is -3.44. The number of halogens is 1. The second-order valence-electron chi connectivity index (χ2n) is 14.7. The molecule has 2 aliphatic heterocycles. The summed E-state index contributed by atoms with van der Waals surface area (Å²) in [6, 6.07) is 4.31. The Balaban J connectivity index is 1.81. The van der Waals surface area contributed by atoms with E-state index in [1.54, 1.807) is 30.3 Å². The van der Waals surface area contributed by atoms with Crippen molar-refractivity contribution in [2.75, 3.05) is 26.2 Å². The molecule has 0 radical (unpaired) electrons. The summed E-state index contributed by atoms with van der Waals surface area (Å²) in [6.07, 6.45) is -7.85. The number of Topliss-reactive ketones (excluding diaryl/α,β-unsaturated/α-hetero) is 1. The highest BCUT2D eigenvalue weighted by Crippen LogP contribution is 2.21.